The lowest BCUT2D eigenvalue weighted by Gasteiger charge is -2.30. The number of carbonyl (C=O) groups is 2. The quantitative estimate of drug-likeness (QED) is 0.668. The normalized spacial score (nSPS) is 17.8. The van der Waals surface area contributed by atoms with Gasteiger partial charge in [0.25, 0.3) is 0 Å². The number of piperidine rings is 1. The molecule has 2 aromatic rings. The van der Waals surface area contributed by atoms with Crippen molar-refractivity contribution < 1.29 is 22.4 Å². The molecule has 2 amide bonds. The van der Waals surface area contributed by atoms with Gasteiger partial charge < -0.3 is 10.2 Å². The van der Waals surface area contributed by atoms with E-state index >= 15 is 0 Å². The highest BCUT2D eigenvalue weighted by atomic mass is 32.2. The fraction of sp³-hybridized carbons (Fsp3) is 0.522. The molecule has 0 atom stereocenters. The van der Waals surface area contributed by atoms with Crippen molar-refractivity contribution in [1.82, 2.24) is 19.0 Å². The summed E-state index contributed by atoms with van der Waals surface area (Å²) in [4.78, 5) is 27.0. The summed E-state index contributed by atoms with van der Waals surface area (Å²) in [5, 5.41) is 7.12. The maximum atomic E-state index is 13.4. The Morgan fingerprint density at radius 1 is 1.06 bits per heavy atom. The van der Waals surface area contributed by atoms with Crippen LogP contribution in [-0.4, -0.2) is 65.4 Å². The standard InChI is InChI=1S/C23H30FN5O4S/c1-16-22(17(2)29(26-16)15-21(30)27-11-3-4-12-27)34(32,33)28-13-9-18(10-14-28)23(31)25-20-7-5-19(24)6-8-20/h5-8,18H,3-4,9-15H2,1-2H3,(H,25,31). The minimum absolute atomic E-state index is 0.0217. The van der Waals surface area contributed by atoms with E-state index < -0.39 is 10.0 Å². The fourth-order valence-electron chi connectivity index (χ4n) is 4.67. The number of likely N-dealkylation sites (tertiary alicyclic amines) is 1. The van der Waals surface area contributed by atoms with E-state index in [-0.39, 0.29) is 48.1 Å². The Morgan fingerprint density at radius 3 is 2.29 bits per heavy atom. The molecule has 34 heavy (non-hydrogen) atoms. The first-order valence-corrected chi connectivity index (χ1v) is 13.0. The van der Waals surface area contributed by atoms with E-state index in [0.29, 0.717) is 29.9 Å². The third-order valence-corrected chi connectivity index (χ3v) is 8.74. The van der Waals surface area contributed by atoms with Crippen LogP contribution in [0.3, 0.4) is 0 Å². The molecule has 1 N–H and O–H groups in total. The highest BCUT2D eigenvalue weighted by Crippen LogP contribution is 2.28. The third-order valence-electron chi connectivity index (χ3n) is 6.59. The maximum absolute atomic E-state index is 13.4. The van der Waals surface area contributed by atoms with Gasteiger partial charge in [-0.2, -0.15) is 9.40 Å². The van der Waals surface area contributed by atoms with E-state index in [1.807, 2.05) is 0 Å². The van der Waals surface area contributed by atoms with Crippen LogP contribution in [0.25, 0.3) is 0 Å². The molecule has 0 spiro atoms. The van der Waals surface area contributed by atoms with Crippen molar-refractivity contribution in [2.45, 2.75) is 51.0 Å². The van der Waals surface area contributed by atoms with Crippen molar-refractivity contribution in [3.05, 3.63) is 41.5 Å². The molecule has 0 unspecified atom stereocenters. The van der Waals surface area contributed by atoms with Crippen molar-refractivity contribution in [1.29, 1.82) is 0 Å². The van der Waals surface area contributed by atoms with E-state index in [4.69, 9.17) is 0 Å². The lowest BCUT2D eigenvalue weighted by molar-refractivity contribution is -0.131. The molecular weight excluding hydrogens is 461 g/mol. The van der Waals surface area contributed by atoms with Gasteiger partial charge in [0.2, 0.25) is 21.8 Å². The van der Waals surface area contributed by atoms with Crippen LogP contribution in [0.2, 0.25) is 0 Å². The van der Waals surface area contributed by atoms with Gasteiger partial charge in [0.1, 0.15) is 17.3 Å². The highest BCUT2D eigenvalue weighted by Gasteiger charge is 2.35. The van der Waals surface area contributed by atoms with Gasteiger partial charge in [-0.25, -0.2) is 12.8 Å². The van der Waals surface area contributed by atoms with Crippen molar-refractivity contribution in [3.63, 3.8) is 0 Å². The van der Waals surface area contributed by atoms with E-state index in [2.05, 4.69) is 10.4 Å². The maximum Gasteiger partial charge on any atom is 0.246 e. The van der Waals surface area contributed by atoms with Crippen molar-refractivity contribution in [3.8, 4) is 0 Å². The predicted molar refractivity (Wildman–Crippen MR) is 124 cm³/mol. The number of amides is 2. The predicted octanol–water partition coefficient (Wildman–Crippen LogP) is 2.30. The zero-order valence-electron chi connectivity index (χ0n) is 19.5. The average Bonchev–Trinajstić information content (AvgIpc) is 3.44. The van der Waals surface area contributed by atoms with Gasteiger partial charge in [0.15, 0.2) is 0 Å². The Bertz CT molecular complexity index is 1160. The Hall–Kier alpha value is -2.79. The van der Waals surface area contributed by atoms with Crippen LogP contribution in [0.4, 0.5) is 10.1 Å². The summed E-state index contributed by atoms with van der Waals surface area (Å²) in [6.07, 6.45) is 2.73. The molecule has 3 heterocycles. The summed E-state index contributed by atoms with van der Waals surface area (Å²) in [5.74, 6) is -0.977. The lowest BCUT2D eigenvalue weighted by atomic mass is 9.97. The van der Waals surface area contributed by atoms with Gasteiger partial charge in [0.05, 0.1) is 11.4 Å². The SMILES string of the molecule is Cc1nn(CC(=O)N2CCCC2)c(C)c1S(=O)(=O)N1CCC(C(=O)Nc2ccc(F)cc2)CC1. The summed E-state index contributed by atoms with van der Waals surface area (Å²) in [6, 6.07) is 5.53. The van der Waals surface area contributed by atoms with Gasteiger partial charge in [-0.15, -0.1) is 0 Å². The van der Waals surface area contributed by atoms with E-state index in [1.165, 1.54) is 33.3 Å². The lowest BCUT2D eigenvalue weighted by Crippen LogP contribution is -2.41. The van der Waals surface area contributed by atoms with Crippen molar-refractivity contribution in [2.75, 3.05) is 31.5 Å². The number of anilines is 1. The van der Waals surface area contributed by atoms with Crippen LogP contribution < -0.4 is 5.32 Å². The Labute approximate surface area is 199 Å². The van der Waals surface area contributed by atoms with Crippen LogP contribution in [0.15, 0.2) is 29.2 Å². The molecule has 1 aromatic heterocycles. The summed E-state index contributed by atoms with van der Waals surface area (Å²) in [5.41, 5.74) is 1.31. The van der Waals surface area contributed by atoms with Crippen molar-refractivity contribution in [2.24, 2.45) is 5.92 Å². The summed E-state index contributed by atoms with van der Waals surface area (Å²) < 4.78 is 42.8. The number of rotatable bonds is 6. The zero-order chi connectivity index (χ0) is 24.5. The number of carbonyl (C=O) groups excluding carboxylic acids is 2. The zero-order valence-corrected chi connectivity index (χ0v) is 20.3. The number of hydrogen-bond donors (Lipinski definition) is 1. The second-order valence-electron chi connectivity index (χ2n) is 8.92. The minimum Gasteiger partial charge on any atom is -0.341 e. The number of sulfonamides is 1. The first-order valence-electron chi connectivity index (χ1n) is 11.5. The molecule has 0 radical (unpaired) electrons. The molecule has 11 heteroatoms. The number of nitrogens with one attached hydrogen (secondary N) is 1. The number of halogens is 1. The monoisotopic (exact) mass is 491 g/mol. The summed E-state index contributed by atoms with van der Waals surface area (Å²) in [6.45, 7) is 5.21. The first-order chi connectivity index (χ1) is 16.2. The second-order valence-corrected chi connectivity index (χ2v) is 10.8. The molecule has 2 aliphatic heterocycles. The van der Waals surface area contributed by atoms with Gasteiger partial charge >= 0.3 is 0 Å². The number of aromatic nitrogens is 2. The van der Waals surface area contributed by atoms with E-state index in [0.717, 1.165) is 25.9 Å². The second kappa shape index (κ2) is 9.83. The topological polar surface area (TPSA) is 105 Å². The third kappa shape index (κ3) is 5.00. The Kier molecular flexibility index (Phi) is 7.04. The number of benzene rings is 1. The van der Waals surface area contributed by atoms with E-state index in [1.54, 1.807) is 18.7 Å². The Balaban J connectivity index is 1.41. The van der Waals surface area contributed by atoms with Crippen LogP contribution in [0, 0.1) is 25.6 Å². The summed E-state index contributed by atoms with van der Waals surface area (Å²) in [7, 11) is -3.82. The highest BCUT2D eigenvalue weighted by molar-refractivity contribution is 7.89. The minimum atomic E-state index is -3.82. The van der Waals surface area contributed by atoms with Gasteiger partial charge in [-0.3, -0.25) is 14.3 Å². The van der Waals surface area contributed by atoms with Crippen LogP contribution >= 0.6 is 0 Å². The molecule has 2 fully saturated rings. The van der Waals surface area contributed by atoms with Crippen molar-refractivity contribution >= 4 is 27.5 Å². The Morgan fingerprint density at radius 2 is 1.68 bits per heavy atom. The van der Waals surface area contributed by atoms with Gasteiger partial charge in [-0.05, 0) is 63.8 Å². The first kappa shape index (κ1) is 24.3. The molecule has 4 rings (SSSR count). The fourth-order valence-corrected chi connectivity index (χ4v) is 6.51. The molecule has 9 nitrogen and oxygen atoms in total. The van der Waals surface area contributed by atoms with Crippen LogP contribution in [0.5, 0.6) is 0 Å². The molecular formula is C23H30FN5O4S. The van der Waals surface area contributed by atoms with Gasteiger partial charge in [-0.1, -0.05) is 0 Å². The van der Waals surface area contributed by atoms with Crippen LogP contribution in [0.1, 0.15) is 37.1 Å². The molecule has 0 saturated carbocycles. The molecule has 0 aliphatic carbocycles. The van der Waals surface area contributed by atoms with E-state index in [9.17, 15) is 22.4 Å². The molecule has 2 aliphatic rings. The van der Waals surface area contributed by atoms with Gasteiger partial charge in [0, 0.05) is 37.8 Å². The summed E-state index contributed by atoms with van der Waals surface area (Å²) >= 11 is 0. The van der Waals surface area contributed by atoms with Crippen LogP contribution in [-0.2, 0) is 26.2 Å². The molecule has 2 saturated heterocycles. The molecule has 184 valence electrons. The number of nitrogens with zero attached hydrogens (tertiary/aromatic N) is 4. The molecule has 1 aromatic carbocycles. The number of aryl methyl sites for hydroxylation is 1. The smallest absolute Gasteiger partial charge is 0.246 e. The molecule has 0 bridgehead atoms. The largest absolute Gasteiger partial charge is 0.341 e. The number of hydrogen-bond acceptors (Lipinski definition) is 5. The average molecular weight is 492 g/mol.